The normalized spacial score (nSPS) is 26.6. The van der Waals surface area contributed by atoms with Crippen molar-refractivity contribution in [2.45, 2.75) is 44.6 Å². The van der Waals surface area contributed by atoms with Crippen molar-refractivity contribution in [1.29, 1.82) is 0 Å². The Bertz CT molecular complexity index is 368. The maximum Gasteiger partial charge on any atom is 0.180 e. The second kappa shape index (κ2) is 4.34. The van der Waals surface area contributed by atoms with Gasteiger partial charge in [0.25, 0.3) is 0 Å². The number of piperidine rings is 1. The lowest BCUT2D eigenvalue weighted by atomic mass is 9.94. The lowest BCUT2D eigenvalue weighted by Crippen LogP contribution is -2.42. The van der Waals surface area contributed by atoms with Crippen LogP contribution in [0, 0.1) is 0 Å². The average Bonchev–Trinajstić information content (AvgIpc) is 2.69. The van der Waals surface area contributed by atoms with Gasteiger partial charge in [-0.05, 0) is 45.2 Å². The highest BCUT2D eigenvalue weighted by molar-refractivity contribution is 7.15. The molecule has 2 N–H and O–H groups in total. The predicted octanol–water partition coefficient (Wildman–Crippen LogP) is 2.07. The Labute approximate surface area is 101 Å². The van der Waals surface area contributed by atoms with Crippen LogP contribution in [0.25, 0.3) is 0 Å². The van der Waals surface area contributed by atoms with E-state index in [2.05, 4.69) is 9.88 Å². The highest BCUT2D eigenvalue weighted by atomic mass is 32.1. The van der Waals surface area contributed by atoms with E-state index in [0.29, 0.717) is 0 Å². The number of rotatable bonds is 1. The number of nitrogen functional groups attached to an aromatic ring is 1. The van der Waals surface area contributed by atoms with Gasteiger partial charge < -0.3 is 10.6 Å². The largest absolute Gasteiger partial charge is 0.375 e. The third-order valence-electron chi connectivity index (χ3n) is 3.84. The van der Waals surface area contributed by atoms with Gasteiger partial charge in [-0.3, -0.25) is 0 Å². The summed E-state index contributed by atoms with van der Waals surface area (Å²) in [6, 6.07) is 0.757. The van der Waals surface area contributed by atoms with Gasteiger partial charge >= 0.3 is 0 Å². The van der Waals surface area contributed by atoms with Crippen LogP contribution in [0.2, 0.25) is 0 Å². The van der Waals surface area contributed by atoms with E-state index in [9.17, 15) is 0 Å². The summed E-state index contributed by atoms with van der Waals surface area (Å²) in [4.78, 5) is 8.54. The molecule has 0 aromatic carbocycles. The van der Waals surface area contributed by atoms with Gasteiger partial charge in [-0.2, -0.15) is 0 Å². The van der Waals surface area contributed by atoms with Crippen molar-refractivity contribution in [3.8, 4) is 0 Å². The van der Waals surface area contributed by atoms with Crippen LogP contribution in [0.1, 0.15) is 36.3 Å². The summed E-state index contributed by atoms with van der Waals surface area (Å²) in [5.41, 5.74) is 7.05. The van der Waals surface area contributed by atoms with Crippen molar-refractivity contribution in [1.82, 2.24) is 9.88 Å². The smallest absolute Gasteiger partial charge is 0.180 e. The number of likely N-dealkylation sites (tertiary alicyclic amines) is 1. The molecule has 1 aromatic heterocycles. The van der Waals surface area contributed by atoms with Crippen LogP contribution in [0.3, 0.4) is 0 Å². The predicted molar refractivity (Wildman–Crippen MR) is 67.8 cm³/mol. The fourth-order valence-electron chi connectivity index (χ4n) is 2.97. The van der Waals surface area contributed by atoms with E-state index in [1.54, 1.807) is 11.3 Å². The van der Waals surface area contributed by atoms with Crippen molar-refractivity contribution in [2.75, 3.05) is 18.8 Å². The second-order valence-corrected chi connectivity index (χ2v) is 6.03. The minimum Gasteiger partial charge on any atom is -0.375 e. The Morgan fingerprint density at radius 2 is 2.06 bits per heavy atom. The van der Waals surface area contributed by atoms with Crippen LogP contribution < -0.4 is 5.73 Å². The summed E-state index contributed by atoms with van der Waals surface area (Å²) < 4.78 is 0. The van der Waals surface area contributed by atoms with Crippen LogP contribution in [-0.2, 0) is 12.8 Å². The van der Waals surface area contributed by atoms with Gasteiger partial charge in [0, 0.05) is 10.9 Å². The van der Waals surface area contributed by atoms with Crippen LogP contribution in [-0.4, -0.2) is 29.0 Å². The quantitative estimate of drug-likeness (QED) is 0.813. The molecule has 1 saturated heterocycles. The van der Waals surface area contributed by atoms with Crippen molar-refractivity contribution < 1.29 is 0 Å². The molecule has 1 atom stereocenters. The van der Waals surface area contributed by atoms with Crippen LogP contribution in [0.15, 0.2) is 0 Å². The molecule has 1 aliphatic carbocycles. The minimum absolute atomic E-state index is 0.754. The Morgan fingerprint density at radius 3 is 2.88 bits per heavy atom. The topological polar surface area (TPSA) is 42.1 Å². The summed E-state index contributed by atoms with van der Waals surface area (Å²) in [6.07, 6.45) is 7.77. The molecule has 1 aromatic rings. The standard InChI is InChI=1S/C12H19N3S/c13-12-14-10-5-4-9(8-11(10)16-12)15-6-2-1-3-7-15/h9H,1-8H2,(H2,13,14). The molecule has 4 heteroatoms. The zero-order valence-corrected chi connectivity index (χ0v) is 10.4. The zero-order chi connectivity index (χ0) is 11.0. The van der Waals surface area contributed by atoms with Gasteiger partial charge in [0.15, 0.2) is 5.13 Å². The van der Waals surface area contributed by atoms with Crippen LogP contribution >= 0.6 is 11.3 Å². The maximum atomic E-state index is 5.78. The molecule has 2 aliphatic rings. The van der Waals surface area contributed by atoms with Gasteiger partial charge in [-0.1, -0.05) is 6.42 Å². The third kappa shape index (κ3) is 1.96. The van der Waals surface area contributed by atoms with E-state index in [1.165, 1.54) is 55.8 Å². The highest BCUT2D eigenvalue weighted by Gasteiger charge is 2.27. The Morgan fingerprint density at radius 1 is 1.25 bits per heavy atom. The van der Waals surface area contributed by atoms with Crippen molar-refractivity contribution >= 4 is 16.5 Å². The highest BCUT2D eigenvalue weighted by Crippen LogP contribution is 2.31. The number of nitrogens with zero attached hydrogens (tertiary/aromatic N) is 2. The number of aryl methyl sites for hydroxylation is 1. The molecule has 0 radical (unpaired) electrons. The molecule has 0 bridgehead atoms. The van der Waals surface area contributed by atoms with Gasteiger partial charge in [-0.15, -0.1) is 11.3 Å². The molecule has 0 spiro atoms. The second-order valence-electron chi connectivity index (χ2n) is 4.92. The molecule has 3 nitrogen and oxygen atoms in total. The number of hydrogen-bond acceptors (Lipinski definition) is 4. The Kier molecular flexibility index (Phi) is 2.86. The first-order valence-electron chi connectivity index (χ1n) is 6.31. The molecule has 0 amide bonds. The van der Waals surface area contributed by atoms with E-state index in [1.807, 2.05) is 0 Å². The monoisotopic (exact) mass is 237 g/mol. The van der Waals surface area contributed by atoms with Crippen molar-refractivity contribution in [3.63, 3.8) is 0 Å². The fourth-order valence-corrected chi connectivity index (χ4v) is 3.92. The number of anilines is 1. The zero-order valence-electron chi connectivity index (χ0n) is 9.61. The van der Waals surface area contributed by atoms with Gasteiger partial charge in [0.1, 0.15) is 0 Å². The van der Waals surface area contributed by atoms with Crippen LogP contribution in [0.4, 0.5) is 5.13 Å². The Hall–Kier alpha value is -0.610. The number of thiazole rings is 1. The number of fused-ring (bicyclic) bond motifs is 1. The lowest BCUT2D eigenvalue weighted by Gasteiger charge is -2.36. The molecule has 0 saturated carbocycles. The lowest BCUT2D eigenvalue weighted by molar-refractivity contribution is 0.150. The van der Waals surface area contributed by atoms with Crippen molar-refractivity contribution in [2.24, 2.45) is 0 Å². The number of nitrogens with two attached hydrogens (primary N) is 1. The molecule has 1 fully saturated rings. The van der Waals surface area contributed by atoms with E-state index in [-0.39, 0.29) is 0 Å². The summed E-state index contributed by atoms with van der Waals surface area (Å²) in [5, 5.41) is 0.754. The summed E-state index contributed by atoms with van der Waals surface area (Å²) in [7, 11) is 0. The molecule has 88 valence electrons. The molecule has 16 heavy (non-hydrogen) atoms. The number of aromatic nitrogens is 1. The molecule has 2 heterocycles. The first kappa shape index (κ1) is 10.5. The van der Waals surface area contributed by atoms with E-state index < -0.39 is 0 Å². The first-order valence-corrected chi connectivity index (χ1v) is 7.12. The van der Waals surface area contributed by atoms with Crippen LogP contribution in [0.5, 0.6) is 0 Å². The molecule has 1 aliphatic heterocycles. The minimum atomic E-state index is 0.754. The molecular formula is C12H19N3S. The molecule has 1 unspecified atom stereocenters. The van der Waals surface area contributed by atoms with E-state index in [0.717, 1.165) is 17.6 Å². The van der Waals surface area contributed by atoms with Gasteiger partial charge in [0.2, 0.25) is 0 Å². The Balaban J connectivity index is 1.71. The third-order valence-corrected chi connectivity index (χ3v) is 4.79. The summed E-state index contributed by atoms with van der Waals surface area (Å²) >= 11 is 1.70. The maximum absolute atomic E-state index is 5.78. The van der Waals surface area contributed by atoms with Gasteiger partial charge in [0.05, 0.1) is 5.69 Å². The van der Waals surface area contributed by atoms with Gasteiger partial charge in [-0.25, -0.2) is 4.98 Å². The molecule has 3 rings (SSSR count). The summed E-state index contributed by atoms with van der Waals surface area (Å²) in [5.74, 6) is 0. The van der Waals surface area contributed by atoms with E-state index in [4.69, 9.17) is 5.73 Å². The fraction of sp³-hybridized carbons (Fsp3) is 0.750. The summed E-state index contributed by atoms with van der Waals surface area (Å²) in [6.45, 7) is 2.60. The number of hydrogen-bond donors (Lipinski definition) is 1. The first-order chi connectivity index (χ1) is 7.83. The SMILES string of the molecule is Nc1nc2c(s1)CC(N1CCCCC1)CC2. The van der Waals surface area contributed by atoms with E-state index >= 15 is 0 Å². The average molecular weight is 237 g/mol. The van der Waals surface area contributed by atoms with Crippen molar-refractivity contribution in [3.05, 3.63) is 10.6 Å². The molecular weight excluding hydrogens is 218 g/mol.